The number of hydrogen-bond donors (Lipinski definition) is 0. The standard InChI is InChI=1S/C19H22N2O2/c1-12-19(2,16-10-14-8-9-15(14)16)18(23)21(20-12)11-17(22)13-6-4-3-5-7-13/h3-7,14-16H,8-11H2,1-2H3/t14-,15?,16-,19?/m1/s1. The van der Waals surface area contributed by atoms with Crippen molar-refractivity contribution < 1.29 is 9.59 Å². The van der Waals surface area contributed by atoms with Crippen LogP contribution >= 0.6 is 0 Å². The summed E-state index contributed by atoms with van der Waals surface area (Å²) in [6.45, 7) is 4.01. The van der Waals surface area contributed by atoms with E-state index >= 15 is 0 Å². The molecule has 0 radical (unpaired) electrons. The van der Waals surface area contributed by atoms with Crippen molar-refractivity contribution in [2.24, 2.45) is 28.3 Å². The SMILES string of the molecule is CC1=NN(CC(=O)c2ccccc2)C(=O)C1(C)[C@@H]1C[C@H]2CCC21. The van der Waals surface area contributed by atoms with Gasteiger partial charge < -0.3 is 0 Å². The van der Waals surface area contributed by atoms with E-state index in [0.717, 1.165) is 18.1 Å². The van der Waals surface area contributed by atoms with E-state index in [1.165, 1.54) is 17.9 Å². The molecule has 2 saturated carbocycles. The Kier molecular flexibility index (Phi) is 3.19. The first kappa shape index (κ1) is 14.6. The largest absolute Gasteiger partial charge is 0.292 e. The van der Waals surface area contributed by atoms with E-state index in [4.69, 9.17) is 0 Å². The molecule has 0 N–H and O–H groups in total. The van der Waals surface area contributed by atoms with E-state index in [1.807, 2.05) is 32.0 Å². The molecule has 2 aliphatic carbocycles. The lowest BCUT2D eigenvalue weighted by atomic mass is 9.46. The summed E-state index contributed by atoms with van der Waals surface area (Å²) in [6, 6.07) is 9.11. The molecule has 1 amide bonds. The zero-order valence-electron chi connectivity index (χ0n) is 13.7. The van der Waals surface area contributed by atoms with Crippen molar-refractivity contribution in [1.29, 1.82) is 0 Å². The van der Waals surface area contributed by atoms with Gasteiger partial charge in [-0.3, -0.25) is 9.59 Å². The van der Waals surface area contributed by atoms with E-state index in [0.29, 0.717) is 17.4 Å². The van der Waals surface area contributed by atoms with Gasteiger partial charge in [0.05, 0.1) is 11.1 Å². The molecule has 1 aromatic rings. The smallest absolute Gasteiger partial charge is 0.255 e. The first-order valence-corrected chi connectivity index (χ1v) is 8.47. The first-order valence-electron chi connectivity index (χ1n) is 8.47. The predicted octanol–water partition coefficient (Wildman–Crippen LogP) is 3.14. The highest BCUT2D eigenvalue weighted by atomic mass is 16.2. The van der Waals surface area contributed by atoms with Gasteiger partial charge in [-0.05, 0) is 50.9 Å². The van der Waals surface area contributed by atoms with Gasteiger partial charge in [0.15, 0.2) is 5.78 Å². The molecule has 0 bridgehead atoms. The number of Topliss-reactive ketones (excluding diaryl/α,β-unsaturated/α-hetero) is 1. The van der Waals surface area contributed by atoms with Gasteiger partial charge in [-0.1, -0.05) is 30.3 Å². The fraction of sp³-hybridized carbons (Fsp3) is 0.526. The molecule has 0 spiro atoms. The normalized spacial score (nSPS) is 35.2. The highest BCUT2D eigenvalue weighted by Gasteiger charge is 2.61. The summed E-state index contributed by atoms with van der Waals surface area (Å²) in [5.74, 6) is 1.88. The van der Waals surface area contributed by atoms with Crippen molar-refractivity contribution in [2.75, 3.05) is 6.54 Å². The summed E-state index contributed by atoms with van der Waals surface area (Å²) < 4.78 is 0. The van der Waals surface area contributed by atoms with Crippen LogP contribution in [0.15, 0.2) is 35.4 Å². The van der Waals surface area contributed by atoms with Crippen molar-refractivity contribution in [3.05, 3.63) is 35.9 Å². The number of rotatable bonds is 4. The Labute approximate surface area is 136 Å². The van der Waals surface area contributed by atoms with Crippen LogP contribution in [0.1, 0.15) is 43.5 Å². The Morgan fingerprint density at radius 2 is 2.04 bits per heavy atom. The lowest BCUT2D eigenvalue weighted by Gasteiger charge is -2.58. The van der Waals surface area contributed by atoms with Crippen LogP contribution in [-0.4, -0.2) is 29.0 Å². The average Bonchev–Trinajstić information content (AvgIpc) is 2.75. The van der Waals surface area contributed by atoms with E-state index in [-0.39, 0.29) is 18.2 Å². The molecule has 3 aliphatic rings. The second-order valence-corrected chi connectivity index (χ2v) is 7.38. The van der Waals surface area contributed by atoms with Crippen molar-refractivity contribution in [3.63, 3.8) is 0 Å². The maximum absolute atomic E-state index is 13.0. The summed E-state index contributed by atoms with van der Waals surface area (Å²) in [4.78, 5) is 25.4. The van der Waals surface area contributed by atoms with Crippen LogP contribution in [0.2, 0.25) is 0 Å². The van der Waals surface area contributed by atoms with E-state index in [1.54, 1.807) is 12.1 Å². The molecular formula is C19H22N2O2. The molecule has 4 heteroatoms. The van der Waals surface area contributed by atoms with Gasteiger partial charge in [0.1, 0.15) is 6.54 Å². The Balaban J connectivity index is 1.51. The molecule has 0 aromatic heterocycles. The Morgan fingerprint density at radius 1 is 1.30 bits per heavy atom. The number of carbonyl (C=O) groups excluding carboxylic acids is 2. The molecule has 1 heterocycles. The van der Waals surface area contributed by atoms with Crippen LogP contribution in [0.4, 0.5) is 0 Å². The average molecular weight is 310 g/mol. The van der Waals surface area contributed by atoms with Crippen molar-refractivity contribution in [1.82, 2.24) is 5.01 Å². The van der Waals surface area contributed by atoms with Gasteiger partial charge in [0.2, 0.25) is 0 Å². The Hall–Kier alpha value is -1.97. The van der Waals surface area contributed by atoms with E-state index in [2.05, 4.69) is 5.10 Å². The zero-order valence-corrected chi connectivity index (χ0v) is 13.7. The van der Waals surface area contributed by atoms with Crippen LogP contribution in [0.25, 0.3) is 0 Å². The molecule has 2 unspecified atom stereocenters. The number of hydrogen-bond acceptors (Lipinski definition) is 3. The van der Waals surface area contributed by atoms with Crippen LogP contribution in [0.3, 0.4) is 0 Å². The van der Waals surface area contributed by atoms with Crippen molar-refractivity contribution in [2.45, 2.75) is 33.1 Å². The highest BCUT2D eigenvalue weighted by Crippen LogP contribution is 2.61. The Morgan fingerprint density at radius 3 is 2.61 bits per heavy atom. The minimum absolute atomic E-state index is 0.00892. The predicted molar refractivity (Wildman–Crippen MR) is 88.0 cm³/mol. The number of benzene rings is 1. The maximum Gasteiger partial charge on any atom is 0.255 e. The molecular weight excluding hydrogens is 288 g/mol. The fourth-order valence-electron chi connectivity index (χ4n) is 4.52. The topological polar surface area (TPSA) is 49.7 Å². The zero-order chi connectivity index (χ0) is 16.2. The maximum atomic E-state index is 13.0. The minimum atomic E-state index is -0.501. The third kappa shape index (κ3) is 2.00. The molecule has 2 fully saturated rings. The number of hydrazone groups is 1. The number of ketones is 1. The van der Waals surface area contributed by atoms with Gasteiger partial charge >= 0.3 is 0 Å². The van der Waals surface area contributed by atoms with Gasteiger partial charge in [-0.15, -0.1) is 0 Å². The van der Waals surface area contributed by atoms with E-state index in [9.17, 15) is 9.59 Å². The lowest BCUT2D eigenvalue weighted by molar-refractivity contribution is -0.147. The number of amides is 1. The first-order chi connectivity index (χ1) is 11.0. The second kappa shape index (κ2) is 5.02. The molecule has 1 aromatic carbocycles. The Bertz CT molecular complexity index is 697. The summed E-state index contributed by atoms with van der Waals surface area (Å²) in [7, 11) is 0. The molecule has 0 saturated heterocycles. The van der Waals surface area contributed by atoms with Gasteiger partial charge in [0, 0.05) is 5.56 Å². The monoisotopic (exact) mass is 310 g/mol. The van der Waals surface area contributed by atoms with Crippen LogP contribution < -0.4 is 0 Å². The van der Waals surface area contributed by atoms with E-state index < -0.39 is 5.41 Å². The van der Waals surface area contributed by atoms with Crippen LogP contribution in [0.5, 0.6) is 0 Å². The molecule has 23 heavy (non-hydrogen) atoms. The molecule has 4 rings (SSSR count). The summed E-state index contributed by atoms with van der Waals surface area (Å²) in [5.41, 5.74) is 1.00. The lowest BCUT2D eigenvalue weighted by Crippen LogP contribution is -2.56. The summed E-state index contributed by atoms with van der Waals surface area (Å²) in [5, 5.41) is 5.85. The highest BCUT2D eigenvalue weighted by molar-refractivity contribution is 6.12. The van der Waals surface area contributed by atoms with Crippen molar-refractivity contribution in [3.8, 4) is 0 Å². The third-order valence-electron chi connectivity index (χ3n) is 6.38. The van der Waals surface area contributed by atoms with Crippen LogP contribution in [-0.2, 0) is 4.79 Å². The number of nitrogens with zero attached hydrogens (tertiary/aromatic N) is 2. The van der Waals surface area contributed by atoms with Crippen LogP contribution in [0, 0.1) is 23.2 Å². The second-order valence-electron chi connectivity index (χ2n) is 7.38. The van der Waals surface area contributed by atoms with Gasteiger partial charge in [-0.25, -0.2) is 5.01 Å². The fourth-order valence-corrected chi connectivity index (χ4v) is 4.52. The molecule has 4 nitrogen and oxygen atoms in total. The van der Waals surface area contributed by atoms with Gasteiger partial charge in [-0.2, -0.15) is 5.10 Å². The third-order valence-corrected chi connectivity index (χ3v) is 6.38. The summed E-state index contributed by atoms with van der Waals surface area (Å²) >= 11 is 0. The van der Waals surface area contributed by atoms with Gasteiger partial charge in [0.25, 0.3) is 5.91 Å². The molecule has 4 atom stereocenters. The summed E-state index contributed by atoms with van der Waals surface area (Å²) in [6.07, 6.45) is 3.70. The number of carbonyl (C=O) groups is 2. The quantitative estimate of drug-likeness (QED) is 0.802. The molecule has 120 valence electrons. The minimum Gasteiger partial charge on any atom is -0.292 e. The molecule has 1 aliphatic heterocycles. The number of fused-ring (bicyclic) bond motifs is 1. The van der Waals surface area contributed by atoms with Crippen molar-refractivity contribution >= 4 is 17.4 Å².